The second kappa shape index (κ2) is 8.10. The molecule has 2 saturated heterocycles. The van der Waals surface area contributed by atoms with Crippen molar-refractivity contribution >= 4 is 5.91 Å². The van der Waals surface area contributed by atoms with E-state index in [1.165, 1.54) is 5.56 Å². The van der Waals surface area contributed by atoms with E-state index in [1.54, 1.807) is 6.20 Å². The molecule has 158 valence electrons. The van der Waals surface area contributed by atoms with Gasteiger partial charge < -0.3 is 14.4 Å². The van der Waals surface area contributed by atoms with E-state index in [-0.39, 0.29) is 11.4 Å². The molecule has 0 N–H and O–H groups in total. The second-order valence-electron chi connectivity index (χ2n) is 8.98. The van der Waals surface area contributed by atoms with E-state index in [9.17, 15) is 4.79 Å². The van der Waals surface area contributed by atoms with Crippen LogP contribution in [0.25, 0.3) is 0 Å². The van der Waals surface area contributed by atoms with Gasteiger partial charge in [-0.1, -0.05) is 12.1 Å². The van der Waals surface area contributed by atoms with Crippen LogP contribution >= 0.6 is 0 Å². The molecule has 1 aromatic heterocycles. The highest BCUT2D eigenvalue weighted by molar-refractivity contribution is 5.95. The molecule has 3 aliphatic rings. The number of carbonyl (C=O) groups excluding carboxylic acids is 1. The number of carbonyl (C=O) groups is 1. The van der Waals surface area contributed by atoms with Gasteiger partial charge in [0, 0.05) is 24.8 Å². The average Bonchev–Trinajstić information content (AvgIpc) is 3.21. The first-order valence-electron chi connectivity index (χ1n) is 10.8. The van der Waals surface area contributed by atoms with Gasteiger partial charge >= 0.3 is 0 Å². The maximum Gasteiger partial charge on any atom is 0.253 e. The normalized spacial score (nSPS) is 22.7. The molecule has 5 rings (SSSR count). The van der Waals surface area contributed by atoms with Gasteiger partial charge in [-0.2, -0.15) is 0 Å². The van der Waals surface area contributed by atoms with Crippen molar-refractivity contribution in [2.45, 2.75) is 38.2 Å². The van der Waals surface area contributed by atoms with Gasteiger partial charge in [-0.15, -0.1) is 0 Å². The van der Waals surface area contributed by atoms with E-state index in [1.807, 2.05) is 41.3 Å². The van der Waals surface area contributed by atoms with Crippen molar-refractivity contribution in [3.63, 3.8) is 0 Å². The topological polar surface area (TPSA) is 54.9 Å². The first-order chi connectivity index (χ1) is 14.6. The monoisotopic (exact) mass is 407 g/mol. The minimum Gasteiger partial charge on any atom is -0.375 e. The van der Waals surface area contributed by atoms with Crippen LogP contribution in [0.1, 0.15) is 40.0 Å². The lowest BCUT2D eigenvalue weighted by Gasteiger charge is -2.58. The van der Waals surface area contributed by atoms with E-state index in [0.29, 0.717) is 25.7 Å². The molecule has 0 bridgehead atoms. The van der Waals surface area contributed by atoms with Gasteiger partial charge in [0.2, 0.25) is 0 Å². The van der Waals surface area contributed by atoms with Gasteiger partial charge in [-0.05, 0) is 67.7 Å². The Morgan fingerprint density at radius 2 is 2.10 bits per heavy atom. The standard InChI is InChI=1S/C24H29N3O3/c1-26-9-7-18(12-29-15-22-4-2-3-8-25-22)11-24(26)16-27(17-24)23(28)19-5-6-20-13-30-14-21(20)10-19/h2-6,8,10,18H,7,9,11-17H2,1H3/t18-/m0/s1. The molecule has 2 fully saturated rings. The number of ether oxygens (including phenoxy) is 2. The van der Waals surface area contributed by atoms with Crippen LogP contribution in [0.15, 0.2) is 42.6 Å². The summed E-state index contributed by atoms with van der Waals surface area (Å²) in [6.45, 7) is 5.24. The number of pyridine rings is 1. The van der Waals surface area contributed by atoms with E-state index < -0.39 is 0 Å². The Hall–Kier alpha value is -2.28. The van der Waals surface area contributed by atoms with Crippen LogP contribution in [0.4, 0.5) is 0 Å². The number of rotatable bonds is 5. The smallest absolute Gasteiger partial charge is 0.253 e. The average molecular weight is 408 g/mol. The van der Waals surface area contributed by atoms with Crippen LogP contribution < -0.4 is 0 Å². The number of benzene rings is 1. The Labute approximate surface area is 177 Å². The zero-order valence-electron chi connectivity index (χ0n) is 17.5. The molecule has 1 spiro atoms. The number of fused-ring (bicyclic) bond motifs is 1. The van der Waals surface area contributed by atoms with Gasteiger partial charge in [0.15, 0.2) is 0 Å². The Kier molecular flexibility index (Phi) is 5.31. The number of nitrogens with zero attached hydrogens (tertiary/aromatic N) is 3. The Bertz CT molecular complexity index is 911. The molecule has 30 heavy (non-hydrogen) atoms. The third-order valence-electron chi connectivity index (χ3n) is 6.91. The van der Waals surface area contributed by atoms with Gasteiger partial charge in [0.05, 0.1) is 37.7 Å². The largest absolute Gasteiger partial charge is 0.375 e. The number of piperidine rings is 1. The van der Waals surface area contributed by atoms with Gasteiger partial charge in [-0.25, -0.2) is 0 Å². The van der Waals surface area contributed by atoms with E-state index in [4.69, 9.17) is 9.47 Å². The number of amides is 1. The van der Waals surface area contributed by atoms with Gasteiger partial charge in [0.25, 0.3) is 5.91 Å². The van der Waals surface area contributed by atoms with Crippen LogP contribution in [0.3, 0.4) is 0 Å². The summed E-state index contributed by atoms with van der Waals surface area (Å²) in [5, 5.41) is 0. The molecule has 4 heterocycles. The second-order valence-corrected chi connectivity index (χ2v) is 8.98. The van der Waals surface area contributed by atoms with Crippen LogP contribution in [0.5, 0.6) is 0 Å². The summed E-state index contributed by atoms with van der Waals surface area (Å²) < 4.78 is 11.4. The molecule has 0 radical (unpaired) electrons. The SMILES string of the molecule is CN1CC[C@H](COCc2ccccn2)CC12CN(C(=O)c1ccc3c(c1)COC3)C2. The summed E-state index contributed by atoms with van der Waals surface area (Å²) in [6.07, 6.45) is 4.02. The predicted molar refractivity (Wildman–Crippen MR) is 113 cm³/mol. The summed E-state index contributed by atoms with van der Waals surface area (Å²) in [7, 11) is 2.19. The lowest BCUT2D eigenvalue weighted by atomic mass is 9.75. The molecule has 3 aliphatic heterocycles. The van der Waals surface area contributed by atoms with Crippen molar-refractivity contribution in [3.8, 4) is 0 Å². The fourth-order valence-electron chi connectivity index (χ4n) is 5.03. The molecule has 0 aliphatic carbocycles. The van der Waals surface area contributed by atoms with Gasteiger partial charge in [-0.3, -0.25) is 14.7 Å². The van der Waals surface area contributed by atoms with Crippen molar-refractivity contribution < 1.29 is 14.3 Å². The summed E-state index contributed by atoms with van der Waals surface area (Å²) in [4.78, 5) is 21.8. The molecular weight excluding hydrogens is 378 g/mol. The lowest BCUT2D eigenvalue weighted by molar-refractivity contribution is -0.0769. The van der Waals surface area contributed by atoms with E-state index in [2.05, 4.69) is 16.9 Å². The first kappa shape index (κ1) is 19.7. The van der Waals surface area contributed by atoms with E-state index >= 15 is 0 Å². The maximum absolute atomic E-state index is 13.0. The highest BCUT2D eigenvalue weighted by Gasteiger charge is 2.51. The predicted octanol–water partition coefficient (Wildman–Crippen LogP) is 2.87. The third kappa shape index (κ3) is 3.75. The van der Waals surface area contributed by atoms with Crippen molar-refractivity contribution in [2.75, 3.05) is 33.3 Å². The summed E-state index contributed by atoms with van der Waals surface area (Å²) in [6, 6.07) is 11.9. The molecule has 6 nitrogen and oxygen atoms in total. The lowest BCUT2D eigenvalue weighted by Crippen LogP contribution is -2.72. The van der Waals surface area contributed by atoms with Crippen molar-refractivity contribution in [1.82, 2.24) is 14.8 Å². The Morgan fingerprint density at radius 3 is 2.93 bits per heavy atom. The highest BCUT2D eigenvalue weighted by atomic mass is 16.5. The third-order valence-corrected chi connectivity index (χ3v) is 6.91. The molecule has 1 atom stereocenters. The first-order valence-corrected chi connectivity index (χ1v) is 10.8. The number of hydrogen-bond donors (Lipinski definition) is 0. The quantitative estimate of drug-likeness (QED) is 0.763. The van der Waals surface area contributed by atoms with Crippen LogP contribution in [-0.2, 0) is 29.3 Å². The van der Waals surface area contributed by atoms with Crippen molar-refractivity contribution in [2.24, 2.45) is 5.92 Å². The van der Waals surface area contributed by atoms with Gasteiger partial charge in [0.1, 0.15) is 0 Å². The summed E-state index contributed by atoms with van der Waals surface area (Å²) in [5.74, 6) is 0.663. The number of likely N-dealkylation sites (tertiary alicyclic amines) is 2. The zero-order chi connectivity index (χ0) is 20.6. The maximum atomic E-state index is 13.0. The number of hydrogen-bond acceptors (Lipinski definition) is 5. The number of likely N-dealkylation sites (N-methyl/N-ethyl adjacent to an activating group) is 1. The molecule has 1 aromatic carbocycles. The molecule has 0 saturated carbocycles. The molecular formula is C24H29N3O3. The minimum absolute atomic E-state index is 0.0901. The zero-order valence-corrected chi connectivity index (χ0v) is 17.5. The Balaban J connectivity index is 1.16. The van der Waals surface area contributed by atoms with Crippen molar-refractivity contribution in [3.05, 3.63) is 65.0 Å². The Morgan fingerprint density at radius 1 is 1.23 bits per heavy atom. The molecule has 6 heteroatoms. The van der Waals surface area contributed by atoms with Crippen LogP contribution in [0, 0.1) is 5.92 Å². The van der Waals surface area contributed by atoms with E-state index in [0.717, 1.165) is 55.9 Å². The molecule has 2 aromatic rings. The number of aromatic nitrogens is 1. The minimum atomic E-state index is 0.0901. The van der Waals surface area contributed by atoms with Crippen molar-refractivity contribution in [1.29, 1.82) is 0 Å². The fraction of sp³-hybridized carbons (Fsp3) is 0.500. The molecule has 1 amide bonds. The fourth-order valence-corrected chi connectivity index (χ4v) is 5.03. The summed E-state index contributed by atoms with van der Waals surface area (Å²) >= 11 is 0. The highest BCUT2D eigenvalue weighted by Crippen LogP contribution is 2.39. The summed E-state index contributed by atoms with van der Waals surface area (Å²) in [5.41, 5.74) is 4.19. The van der Waals surface area contributed by atoms with Crippen LogP contribution in [-0.4, -0.2) is 59.5 Å². The molecule has 0 unspecified atom stereocenters. The van der Waals surface area contributed by atoms with Crippen LogP contribution in [0.2, 0.25) is 0 Å².